The minimum atomic E-state index is -0.941. The highest BCUT2D eigenvalue weighted by Crippen LogP contribution is 1.96. The Morgan fingerprint density at radius 2 is 1.43 bits per heavy atom. The molecule has 0 unspecified atom stereocenters. The summed E-state index contributed by atoms with van der Waals surface area (Å²) in [5.41, 5.74) is 5.28. The standard InChI is InChI=1S/C7H16N2O2.2C3H6.C2H6O2/c8-5-3-1-2-4-6-9-7(10)11;2*1-3-2;3-1-2-4/h9H,1-6,8H2,(H,10,11);2*3H,1H2,2H3;3-4H,1-2H2. The van der Waals surface area contributed by atoms with Crippen LogP contribution in [0.5, 0.6) is 0 Å². The maximum atomic E-state index is 9.96. The van der Waals surface area contributed by atoms with Crippen LogP contribution >= 0.6 is 0 Å². The second-order valence-electron chi connectivity index (χ2n) is 3.70. The molecule has 0 aliphatic rings. The summed E-state index contributed by atoms with van der Waals surface area (Å²) in [5, 5.41) is 25.7. The topological polar surface area (TPSA) is 116 Å². The van der Waals surface area contributed by atoms with E-state index in [-0.39, 0.29) is 13.2 Å². The molecule has 0 aromatic rings. The molecule has 6 N–H and O–H groups in total. The highest BCUT2D eigenvalue weighted by molar-refractivity contribution is 5.64. The summed E-state index contributed by atoms with van der Waals surface area (Å²) in [4.78, 5) is 9.96. The highest BCUT2D eigenvalue weighted by Gasteiger charge is 1.92. The van der Waals surface area contributed by atoms with Gasteiger partial charge in [0.2, 0.25) is 0 Å². The molecule has 0 aromatic carbocycles. The lowest BCUT2D eigenvalue weighted by Crippen LogP contribution is -2.21. The second kappa shape index (κ2) is 36.3. The molecule has 0 atom stereocenters. The number of carbonyl (C=O) groups is 1. The molecule has 1 amide bonds. The maximum Gasteiger partial charge on any atom is 0.404 e. The van der Waals surface area contributed by atoms with Crippen LogP contribution in [0.4, 0.5) is 4.79 Å². The van der Waals surface area contributed by atoms with Gasteiger partial charge >= 0.3 is 6.09 Å². The third-order valence-corrected chi connectivity index (χ3v) is 1.51. The van der Waals surface area contributed by atoms with Crippen LogP contribution in [0.1, 0.15) is 39.5 Å². The zero-order valence-electron chi connectivity index (χ0n) is 13.6. The molecule has 0 aliphatic heterocycles. The zero-order chi connectivity index (χ0) is 17.4. The van der Waals surface area contributed by atoms with E-state index >= 15 is 0 Å². The van der Waals surface area contributed by atoms with E-state index in [2.05, 4.69) is 18.5 Å². The number of hydrogen-bond acceptors (Lipinski definition) is 4. The van der Waals surface area contributed by atoms with E-state index in [0.29, 0.717) is 6.54 Å². The highest BCUT2D eigenvalue weighted by atomic mass is 16.4. The third-order valence-electron chi connectivity index (χ3n) is 1.51. The molecular formula is C15H34N2O4. The van der Waals surface area contributed by atoms with Crippen molar-refractivity contribution in [2.75, 3.05) is 26.3 Å². The monoisotopic (exact) mass is 306 g/mol. The molecule has 0 heterocycles. The maximum absolute atomic E-state index is 9.96. The fourth-order valence-corrected chi connectivity index (χ4v) is 0.818. The first-order chi connectivity index (χ1) is 10.0. The molecule has 0 saturated heterocycles. The SMILES string of the molecule is C=CC.C=CC.NCCCCCCNC(=O)O.OCCO. The minimum absolute atomic E-state index is 0.125. The lowest BCUT2D eigenvalue weighted by Gasteiger charge is -1.99. The van der Waals surface area contributed by atoms with E-state index < -0.39 is 6.09 Å². The lowest BCUT2D eigenvalue weighted by molar-refractivity contribution is 0.186. The van der Waals surface area contributed by atoms with Gasteiger partial charge in [-0.3, -0.25) is 0 Å². The summed E-state index contributed by atoms with van der Waals surface area (Å²) in [6.45, 7) is 11.5. The molecule has 0 rings (SSSR count). The third kappa shape index (κ3) is 88.5. The van der Waals surface area contributed by atoms with Crippen LogP contribution in [0, 0.1) is 0 Å². The number of hydrogen-bond donors (Lipinski definition) is 5. The molecular weight excluding hydrogens is 272 g/mol. The van der Waals surface area contributed by atoms with Gasteiger partial charge in [-0.2, -0.15) is 0 Å². The molecule has 0 fully saturated rings. The molecule has 0 spiro atoms. The van der Waals surface area contributed by atoms with Crippen LogP contribution in [-0.2, 0) is 0 Å². The summed E-state index contributed by atoms with van der Waals surface area (Å²) in [5.74, 6) is 0. The smallest absolute Gasteiger partial charge is 0.404 e. The van der Waals surface area contributed by atoms with Crippen LogP contribution in [0.3, 0.4) is 0 Å². The summed E-state index contributed by atoms with van der Waals surface area (Å²) >= 11 is 0. The van der Waals surface area contributed by atoms with Crippen LogP contribution in [0.15, 0.2) is 25.3 Å². The van der Waals surface area contributed by atoms with Gasteiger partial charge < -0.3 is 26.4 Å². The average Bonchev–Trinajstić information content (AvgIpc) is 2.44. The van der Waals surface area contributed by atoms with Crippen LogP contribution in [0.2, 0.25) is 0 Å². The van der Waals surface area contributed by atoms with Gasteiger partial charge in [0.05, 0.1) is 13.2 Å². The molecule has 6 nitrogen and oxygen atoms in total. The number of allylic oxidation sites excluding steroid dienone is 2. The lowest BCUT2D eigenvalue weighted by atomic mass is 10.2. The fourth-order valence-electron chi connectivity index (χ4n) is 0.818. The van der Waals surface area contributed by atoms with E-state index in [1.807, 2.05) is 13.8 Å². The van der Waals surface area contributed by atoms with Crippen molar-refractivity contribution in [1.82, 2.24) is 5.32 Å². The van der Waals surface area contributed by atoms with Gasteiger partial charge in [0.15, 0.2) is 0 Å². The Balaban J connectivity index is -0.000000119. The van der Waals surface area contributed by atoms with E-state index in [1.165, 1.54) is 0 Å². The second-order valence-corrected chi connectivity index (χ2v) is 3.70. The van der Waals surface area contributed by atoms with Gasteiger partial charge in [-0.15, -0.1) is 13.2 Å². The van der Waals surface area contributed by atoms with Crippen molar-refractivity contribution in [3.63, 3.8) is 0 Å². The predicted molar refractivity (Wildman–Crippen MR) is 89.5 cm³/mol. The van der Waals surface area contributed by atoms with Gasteiger partial charge in [0, 0.05) is 6.54 Å². The molecule has 0 saturated carbocycles. The molecule has 6 heteroatoms. The average molecular weight is 306 g/mol. The van der Waals surface area contributed by atoms with E-state index in [1.54, 1.807) is 12.2 Å². The van der Waals surface area contributed by atoms with E-state index in [4.69, 9.17) is 21.1 Å². The van der Waals surface area contributed by atoms with Crippen LogP contribution in [0.25, 0.3) is 0 Å². The molecule has 128 valence electrons. The minimum Gasteiger partial charge on any atom is -0.465 e. The number of rotatable bonds is 7. The predicted octanol–water partition coefficient (Wildman–Crippen LogP) is 2.13. The van der Waals surface area contributed by atoms with Crippen LogP contribution < -0.4 is 11.1 Å². The Labute approximate surface area is 129 Å². The van der Waals surface area contributed by atoms with Crippen molar-refractivity contribution in [2.45, 2.75) is 39.5 Å². The van der Waals surface area contributed by atoms with Gasteiger partial charge in [-0.25, -0.2) is 4.79 Å². The van der Waals surface area contributed by atoms with Crippen molar-refractivity contribution in [1.29, 1.82) is 0 Å². The van der Waals surface area contributed by atoms with Gasteiger partial charge in [-0.1, -0.05) is 25.0 Å². The van der Waals surface area contributed by atoms with Crippen molar-refractivity contribution in [2.24, 2.45) is 5.73 Å². The molecule has 21 heavy (non-hydrogen) atoms. The number of amides is 1. The molecule has 0 bridgehead atoms. The Hall–Kier alpha value is -1.37. The molecule has 0 aromatic heterocycles. The van der Waals surface area contributed by atoms with Crippen LogP contribution in [-0.4, -0.2) is 47.7 Å². The zero-order valence-corrected chi connectivity index (χ0v) is 13.6. The number of carboxylic acid groups (broad SMARTS) is 1. The fraction of sp³-hybridized carbons (Fsp3) is 0.667. The van der Waals surface area contributed by atoms with Gasteiger partial charge in [0.1, 0.15) is 0 Å². The Morgan fingerprint density at radius 3 is 1.71 bits per heavy atom. The number of nitrogens with one attached hydrogen (secondary N) is 1. The van der Waals surface area contributed by atoms with Gasteiger partial charge in [-0.05, 0) is 33.2 Å². The molecule has 0 aliphatic carbocycles. The molecule has 0 radical (unpaired) electrons. The summed E-state index contributed by atoms with van der Waals surface area (Å²) in [7, 11) is 0. The largest absolute Gasteiger partial charge is 0.465 e. The first-order valence-corrected chi connectivity index (χ1v) is 7.04. The van der Waals surface area contributed by atoms with Crippen molar-refractivity contribution >= 4 is 6.09 Å². The van der Waals surface area contributed by atoms with Crippen molar-refractivity contribution in [3.8, 4) is 0 Å². The Bertz CT molecular complexity index is 192. The Morgan fingerprint density at radius 1 is 1.05 bits per heavy atom. The quantitative estimate of drug-likeness (QED) is 0.365. The first-order valence-electron chi connectivity index (χ1n) is 7.04. The number of unbranched alkanes of at least 4 members (excludes halogenated alkanes) is 3. The number of aliphatic hydroxyl groups excluding tert-OH is 2. The van der Waals surface area contributed by atoms with E-state index in [9.17, 15) is 4.79 Å². The Kier molecular flexibility index (Phi) is 48.2. The summed E-state index contributed by atoms with van der Waals surface area (Å²) in [6.07, 6.45) is 6.65. The number of nitrogens with two attached hydrogens (primary N) is 1. The summed E-state index contributed by atoms with van der Waals surface area (Å²) in [6, 6.07) is 0. The van der Waals surface area contributed by atoms with Gasteiger partial charge in [0.25, 0.3) is 0 Å². The van der Waals surface area contributed by atoms with Crippen molar-refractivity contribution in [3.05, 3.63) is 25.3 Å². The summed E-state index contributed by atoms with van der Waals surface area (Å²) < 4.78 is 0. The number of aliphatic hydroxyl groups is 2. The van der Waals surface area contributed by atoms with Crippen molar-refractivity contribution < 1.29 is 20.1 Å². The van der Waals surface area contributed by atoms with E-state index in [0.717, 1.165) is 32.2 Å². The normalized spacial score (nSPS) is 7.67. The first kappa shape index (κ1) is 27.9.